The number of benzene rings is 1. The Morgan fingerprint density at radius 2 is 2.15 bits per heavy atom. The molecule has 6 heteroatoms. The smallest absolute Gasteiger partial charge is 0.276 e. The Labute approximate surface area is 120 Å². The number of aromatic amines is 1. The molecule has 0 saturated carbocycles. The van der Waals surface area contributed by atoms with Crippen molar-refractivity contribution in [1.29, 1.82) is 0 Å². The van der Waals surface area contributed by atoms with Gasteiger partial charge in [0.2, 0.25) is 0 Å². The summed E-state index contributed by atoms with van der Waals surface area (Å²) in [7, 11) is 0. The van der Waals surface area contributed by atoms with E-state index in [1.54, 1.807) is 38.1 Å². The zero-order chi connectivity index (χ0) is 14.9. The summed E-state index contributed by atoms with van der Waals surface area (Å²) in [6.07, 6.45) is 0. The van der Waals surface area contributed by atoms with Crippen LogP contribution in [0.5, 0.6) is 0 Å². The Hall–Kier alpha value is -2.27. The van der Waals surface area contributed by atoms with Gasteiger partial charge in [0, 0.05) is 10.6 Å². The number of anilines is 1. The van der Waals surface area contributed by atoms with E-state index in [9.17, 15) is 9.59 Å². The van der Waals surface area contributed by atoms with Crippen molar-refractivity contribution < 1.29 is 4.79 Å². The number of halogens is 1. The number of carbonyl (C=O) groups is 1. The van der Waals surface area contributed by atoms with E-state index in [4.69, 9.17) is 11.6 Å². The summed E-state index contributed by atoms with van der Waals surface area (Å²) in [5.74, 6) is 0.00979. The Bertz CT molecular complexity index is 743. The summed E-state index contributed by atoms with van der Waals surface area (Å²) in [6, 6.07) is 6.86. The monoisotopic (exact) mass is 291 g/mol. The van der Waals surface area contributed by atoms with E-state index in [1.807, 2.05) is 0 Å². The van der Waals surface area contributed by atoms with Crippen LogP contribution in [-0.4, -0.2) is 15.7 Å². The molecule has 1 amide bonds. The van der Waals surface area contributed by atoms with Gasteiger partial charge in [0.15, 0.2) is 0 Å². The van der Waals surface area contributed by atoms with Crippen LogP contribution in [-0.2, 0) is 4.79 Å². The summed E-state index contributed by atoms with van der Waals surface area (Å²) in [6.45, 7) is 6.78. The lowest BCUT2D eigenvalue weighted by Crippen LogP contribution is -2.15. The molecular formula is C14H14ClN3O2. The van der Waals surface area contributed by atoms with Crippen molar-refractivity contribution in [3.8, 4) is 5.69 Å². The standard InChI is InChI=1S/C14H14ClN3O2/c1-8(2)13(19)16-12-9(3)14(20)18(17-12)11-6-4-5-10(15)7-11/h4-7,17H,1H2,2-3H3,(H,16,19). The summed E-state index contributed by atoms with van der Waals surface area (Å²) in [4.78, 5) is 23.8. The van der Waals surface area contributed by atoms with Gasteiger partial charge in [-0.05, 0) is 32.0 Å². The molecule has 2 aromatic rings. The highest BCUT2D eigenvalue weighted by molar-refractivity contribution is 6.30. The molecule has 1 heterocycles. The fourth-order valence-corrected chi connectivity index (χ4v) is 1.84. The molecule has 1 aromatic carbocycles. The van der Waals surface area contributed by atoms with Crippen LogP contribution in [0.25, 0.3) is 5.69 Å². The second-order valence-corrected chi connectivity index (χ2v) is 4.90. The molecule has 0 aliphatic rings. The van der Waals surface area contributed by atoms with Gasteiger partial charge in [-0.25, -0.2) is 4.68 Å². The molecule has 5 nitrogen and oxygen atoms in total. The van der Waals surface area contributed by atoms with Gasteiger partial charge >= 0.3 is 0 Å². The lowest BCUT2D eigenvalue weighted by molar-refractivity contribution is -0.112. The Kier molecular flexibility index (Phi) is 3.81. The van der Waals surface area contributed by atoms with Crippen molar-refractivity contribution in [3.05, 3.63) is 57.4 Å². The number of nitrogens with zero attached hydrogens (tertiary/aromatic N) is 1. The van der Waals surface area contributed by atoms with Crippen LogP contribution in [0.15, 0.2) is 41.2 Å². The maximum atomic E-state index is 12.2. The molecule has 104 valence electrons. The quantitative estimate of drug-likeness (QED) is 0.854. The first-order valence-corrected chi connectivity index (χ1v) is 6.32. The van der Waals surface area contributed by atoms with Crippen LogP contribution in [0.2, 0.25) is 5.02 Å². The van der Waals surface area contributed by atoms with Gasteiger partial charge < -0.3 is 5.32 Å². The summed E-state index contributed by atoms with van der Waals surface area (Å²) < 4.78 is 1.33. The van der Waals surface area contributed by atoms with Gasteiger partial charge in [0.05, 0.1) is 11.3 Å². The molecule has 0 aliphatic heterocycles. The van der Waals surface area contributed by atoms with Crippen LogP contribution < -0.4 is 10.9 Å². The average Bonchev–Trinajstić information content (AvgIpc) is 2.67. The van der Waals surface area contributed by atoms with Crippen molar-refractivity contribution in [2.45, 2.75) is 13.8 Å². The predicted octanol–water partition coefficient (Wildman–Crippen LogP) is 2.64. The molecule has 0 atom stereocenters. The molecule has 0 radical (unpaired) electrons. The number of amides is 1. The van der Waals surface area contributed by atoms with Gasteiger partial charge in [0.1, 0.15) is 5.82 Å². The van der Waals surface area contributed by atoms with E-state index in [2.05, 4.69) is 17.0 Å². The highest BCUT2D eigenvalue weighted by atomic mass is 35.5. The van der Waals surface area contributed by atoms with E-state index in [-0.39, 0.29) is 11.5 Å². The van der Waals surface area contributed by atoms with Crippen LogP contribution in [0.4, 0.5) is 5.82 Å². The number of hydrogen-bond acceptors (Lipinski definition) is 2. The zero-order valence-electron chi connectivity index (χ0n) is 11.2. The first-order valence-electron chi connectivity index (χ1n) is 5.94. The second-order valence-electron chi connectivity index (χ2n) is 4.47. The van der Waals surface area contributed by atoms with E-state index in [1.165, 1.54) is 4.68 Å². The van der Waals surface area contributed by atoms with Crippen LogP contribution in [0.3, 0.4) is 0 Å². The van der Waals surface area contributed by atoms with E-state index < -0.39 is 0 Å². The molecule has 0 unspecified atom stereocenters. The largest absolute Gasteiger partial charge is 0.307 e. The molecule has 2 rings (SSSR count). The van der Waals surface area contributed by atoms with Crippen LogP contribution in [0.1, 0.15) is 12.5 Å². The third kappa shape index (κ3) is 2.67. The minimum absolute atomic E-state index is 0.246. The number of hydrogen-bond donors (Lipinski definition) is 2. The van der Waals surface area contributed by atoms with Crippen LogP contribution in [0, 0.1) is 6.92 Å². The zero-order valence-corrected chi connectivity index (χ0v) is 11.9. The Morgan fingerprint density at radius 1 is 1.45 bits per heavy atom. The Morgan fingerprint density at radius 3 is 2.75 bits per heavy atom. The number of rotatable bonds is 3. The third-order valence-electron chi connectivity index (χ3n) is 2.82. The molecule has 0 bridgehead atoms. The van der Waals surface area contributed by atoms with E-state index in [0.29, 0.717) is 27.7 Å². The molecule has 20 heavy (non-hydrogen) atoms. The number of nitrogens with one attached hydrogen (secondary N) is 2. The third-order valence-corrected chi connectivity index (χ3v) is 3.05. The van der Waals surface area contributed by atoms with E-state index in [0.717, 1.165) is 0 Å². The maximum Gasteiger partial charge on any atom is 0.276 e. The number of carbonyl (C=O) groups excluding carboxylic acids is 1. The van der Waals surface area contributed by atoms with Crippen molar-refractivity contribution in [2.75, 3.05) is 5.32 Å². The molecule has 0 spiro atoms. The molecule has 1 aromatic heterocycles. The molecule has 0 saturated heterocycles. The second kappa shape index (κ2) is 5.38. The minimum atomic E-state index is -0.340. The lowest BCUT2D eigenvalue weighted by Gasteiger charge is -2.04. The molecular weight excluding hydrogens is 278 g/mol. The molecule has 0 aliphatic carbocycles. The van der Waals surface area contributed by atoms with Gasteiger partial charge in [-0.2, -0.15) is 0 Å². The van der Waals surface area contributed by atoms with Crippen molar-refractivity contribution in [2.24, 2.45) is 0 Å². The summed E-state index contributed by atoms with van der Waals surface area (Å²) in [5.41, 5.74) is 1.13. The summed E-state index contributed by atoms with van der Waals surface area (Å²) >= 11 is 5.91. The van der Waals surface area contributed by atoms with Gasteiger partial charge in [-0.3, -0.25) is 14.7 Å². The molecule has 2 N–H and O–H groups in total. The highest BCUT2D eigenvalue weighted by Gasteiger charge is 2.14. The maximum absolute atomic E-state index is 12.2. The minimum Gasteiger partial charge on any atom is -0.307 e. The first-order chi connectivity index (χ1) is 9.40. The SMILES string of the molecule is C=C(C)C(=O)Nc1[nH]n(-c2cccc(Cl)c2)c(=O)c1C. The first kappa shape index (κ1) is 14.1. The van der Waals surface area contributed by atoms with Crippen molar-refractivity contribution in [3.63, 3.8) is 0 Å². The van der Waals surface area contributed by atoms with Gasteiger partial charge in [0.25, 0.3) is 11.5 Å². The van der Waals surface area contributed by atoms with Crippen LogP contribution >= 0.6 is 11.6 Å². The average molecular weight is 292 g/mol. The fraction of sp³-hybridized carbons (Fsp3) is 0.143. The van der Waals surface area contributed by atoms with E-state index >= 15 is 0 Å². The van der Waals surface area contributed by atoms with Crippen molar-refractivity contribution >= 4 is 23.3 Å². The number of aromatic nitrogens is 2. The van der Waals surface area contributed by atoms with Gasteiger partial charge in [-0.15, -0.1) is 0 Å². The van der Waals surface area contributed by atoms with Gasteiger partial charge in [-0.1, -0.05) is 24.2 Å². The topological polar surface area (TPSA) is 66.9 Å². The van der Waals surface area contributed by atoms with Crippen molar-refractivity contribution in [1.82, 2.24) is 9.78 Å². The lowest BCUT2D eigenvalue weighted by atomic mass is 10.3. The molecule has 0 fully saturated rings. The number of H-pyrrole nitrogens is 1. The summed E-state index contributed by atoms with van der Waals surface area (Å²) in [5, 5.41) is 5.98. The predicted molar refractivity (Wildman–Crippen MR) is 79.6 cm³/mol. The normalized spacial score (nSPS) is 10.3. The Balaban J connectivity index is 2.45. The highest BCUT2D eigenvalue weighted by Crippen LogP contribution is 2.15. The fourth-order valence-electron chi connectivity index (χ4n) is 1.66.